The summed E-state index contributed by atoms with van der Waals surface area (Å²) in [6.45, 7) is 5.73. The lowest BCUT2D eigenvalue weighted by atomic mass is 9.80. The number of hydrogen-bond acceptors (Lipinski definition) is 8. The van der Waals surface area contributed by atoms with Gasteiger partial charge in [0.15, 0.2) is 15.5 Å². The van der Waals surface area contributed by atoms with Gasteiger partial charge in [-0.05, 0) is 49.5 Å². The Labute approximate surface area is 271 Å². The maximum Gasteiger partial charge on any atom is 0.419 e. The van der Waals surface area contributed by atoms with E-state index in [-0.39, 0.29) is 53.2 Å². The van der Waals surface area contributed by atoms with Gasteiger partial charge < -0.3 is 9.80 Å². The molecule has 252 valence electrons. The molecule has 4 heterocycles. The van der Waals surface area contributed by atoms with Gasteiger partial charge in [-0.25, -0.2) is 31.5 Å². The Morgan fingerprint density at radius 1 is 1.08 bits per heavy atom. The minimum Gasteiger partial charge on any atom is -0.350 e. The molecule has 1 saturated carbocycles. The second-order valence-electron chi connectivity index (χ2n) is 11.9. The summed E-state index contributed by atoms with van der Waals surface area (Å²) in [5, 5.41) is -0.119. The number of alkyl halides is 3. The third-order valence-corrected chi connectivity index (χ3v) is 9.92. The Morgan fingerprint density at radius 2 is 1.81 bits per heavy atom. The van der Waals surface area contributed by atoms with Crippen LogP contribution >= 0.6 is 0 Å². The molecule has 6 rings (SSSR count). The predicted octanol–water partition coefficient (Wildman–Crippen LogP) is 5.03. The summed E-state index contributed by atoms with van der Waals surface area (Å²) in [4.78, 5) is 41.9. The number of benzene rings is 1. The number of carbonyl (C=O) groups excluding carboxylic acids is 1. The number of carbonyl (C=O) groups is 1. The van der Waals surface area contributed by atoms with Gasteiger partial charge in [0.25, 0.3) is 0 Å². The van der Waals surface area contributed by atoms with E-state index in [2.05, 4.69) is 21.5 Å². The lowest BCUT2D eigenvalue weighted by molar-refractivity contribution is -0.139. The van der Waals surface area contributed by atoms with E-state index in [9.17, 15) is 35.6 Å². The summed E-state index contributed by atoms with van der Waals surface area (Å²) < 4.78 is 100. The molecule has 1 aliphatic carbocycles. The minimum atomic E-state index is -5.24. The summed E-state index contributed by atoms with van der Waals surface area (Å²) >= 11 is 0. The summed E-state index contributed by atoms with van der Waals surface area (Å²) in [5.41, 5.74) is -4.77. The van der Waals surface area contributed by atoms with Crippen LogP contribution < -0.4 is 10.6 Å². The van der Waals surface area contributed by atoms with Gasteiger partial charge in [0.1, 0.15) is 33.6 Å². The second kappa shape index (κ2) is 12.1. The molecular formula is C32H29F5N6O4S. The van der Waals surface area contributed by atoms with Crippen molar-refractivity contribution in [2.45, 2.75) is 49.2 Å². The molecule has 0 N–H and O–H groups in total. The number of anilines is 1. The molecule has 1 amide bonds. The fourth-order valence-corrected chi connectivity index (χ4v) is 7.12. The quantitative estimate of drug-likeness (QED) is 0.205. The number of fused-ring (bicyclic) bond motifs is 1. The van der Waals surface area contributed by atoms with E-state index < -0.39 is 61.8 Å². The van der Waals surface area contributed by atoms with Crippen molar-refractivity contribution in [1.29, 1.82) is 0 Å². The van der Waals surface area contributed by atoms with Crippen LogP contribution in [0.15, 0.2) is 59.0 Å². The van der Waals surface area contributed by atoms with Crippen molar-refractivity contribution >= 4 is 32.6 Å². The number of rotatable bonds is 6. The molecule has 1 saturated heterocycles. The smallest absolute Gasteiger partial charge is 0.350 e. The zero-order valence-corrected chi connectivity index (χ0v) is 26.6. The molecule has 3 aromatic heterocycles. The Kier molecular flexibility index (Phi) is 8.34. The number of nitrogens with zero attached hydrogens (tertiary/aromatic N) is 6. The Morgan fingerprint density at radius 3 is 2.42 bits per heavy atom. The Bertz CT molecular complexity index is 2150. The molecule has 4 aromatic rings. The lowest BCUT2D eigenvalue weighted by Crippen LogP contribution is -2.54. The van der Waals surface area contributed by atoms with Crippen molar-refractivity contribution in [2.24, 2.45) is 0 Å². The molecule has 48 heavy (non-hydrogen) atoms. The first-order valence-corrected chi connectivity index (χ1v) is 16.9. The van der Waals surface area contributed by atoms with Crippen molar-refractivity contribution in [2.75, 3.05) is 30.8 Å². The highest BCUT2D eigenvalue weighted by Gasteiger charge is 2.39. The first-order valence-electron chi connectivity index (χ1n) is 15.0. The topological polar surface area (TPSA) is 118 Å². The van der Waals surface area contributed by atoms with E-state index in [1.165, 1.54) is 11.1 Å². The average molecular weight is 689 g/mol. The van der Waals surface area contributed by atoms with Crippen molar-refractivity contribution in [3.63, 3.8) is 0 Å². The van der Waals surface area contributed by atoms with Gasteiger partial charge in [-0.1, -0.05) is 25.1 Å². The molecule has 1 aliphatic heterocycles. The van der Waals surface area contributed by atoms with Crippen LogP contribution in [0.1, 0.15) is 43.2 Å². The van der Waals surface area contributed by atoms with Crippen LogP contribution in [0.3, 0.4) is 0 Å². The van der Waals surface area contributed by atoms with Gasteiger partial charge in [-0.3, -0.25) is 9.78 Å². The van der Waals surface area contributed by atoms with Gasteiger partial charge in [-0.15, -0.1) is 0 Å². The largest absolute Gasteiger partial charge is 0.419 e. The normalized spacial score (nSPS) is 17.4. The van der Waals surface area contributed by atoms with E-state index in [1.807, 2.05) is 0 Å². The van der Waals surface area contributed by atoms with Crippen LogP contribution in [0.2, 0.25) is 0 Å². The number of aromatic nitrogens is 4. The van der Waals surface area contributed by atoms with Gasteiger partial charge in [0, 0.05) is 49.9 Å². The fourth-order valence-electron chi connectivity index (χ4n) is 6.30. The van der Waals surface area contributed by atoms with Gasteiger partial charge in [-0.2, -0.15) is 18.2 Å². The van der Waals surface area contributed by atoms with Crippen LogP contribution in [0, 0.1) is 11.6 Å². The number of pyridine rings is 2. The van der Waals surface area contributed by atoms with Gasteiger partial charge in [0.05, 0.1) is 11.1 Å². The first-order chi connectivity index (χ1) is 22.6. The number of sulfone groups is 1. The molecule has 1 aromatic carbocycles. The van der Waals surface area contributed by atoms with Crippen LogP contribution in [-0.2, 0) is 20.8 Å². The highest BCUT2D eigenvalue weighted by Crippen LogP contribution is 2.43. The molecule has 16 heteroatoms. The van der Waals surface area contributed by atoms with E-state index in [0.717, 1.165) is 47.7 Å². The van der Waals surface area contributed by atoms with E-state index in [1.54, 1.807) is 11.8 Å². The summed E-state index contributed by atoms with van der Waals surface area (Å²) in [5.74, 6) is -3.52. The van der Waals surface area contributed by atoms with Crippen LogP contribution in [0.25, 0.3) is 28.0 Å². The van der Waals surface area contributed by atoms with E-state index in [0.29, 0.717) is 24.5 Å². The van der Waals surface area contributed by atoms with Crippen LogP contribution in [-0.4, -0.2) is 70.7 Å². The molecule has 2 fully saturated rings. The average Bonchev–Trinajstić information content (AvgIpc) is 2.98. The minimum absolute atomic E-state index is 0.0714. The van der Waals surface area contributed by atoms with Crippen molar-refractivity contribution in [3.8, 4) is 16.9 Å². The Balaban J connectivity index is 1.71. The van der Waals surface area contributed by atoms with Crippen molar-refractivity contribution in [3.05, 3.63) is 82.6 Å². The zero-order valence-electron chi connectivity index (χ0n) is 25.8. The van der Waals surface area contributed by atoms with Crippen LogP contribution in [0.5, 0.6) is 0 Å². The van der Waals surface area contributed by atoms with Crippen molar-refractivity contribution in [1.82, 2.24) is 24.4 Å². The standard InChI is InChI=1S/C32H29F5N6O4S/c1-4-25(44)41-11-12-42(17(2)16-41)29-20-13-23(34)27(19-9-6-10-22(33)26(19)32(35,36)37)39-30(20)43(31(45)40-29)28-21(18-7-5-8-18)14-38-15-24(28)48(3,46)47/h4,6,9-10,13-15,17-18H,1,5,7-8,11-12,16H2,2-3H3/t17-/m0/s1. The van der Waals surface area contributed by atoms with E-state index in [4.69, 9.17) is 0 Å². The number of hydrogen-bond donors (Lipinski definition) is 0. The first kappa shape index (κ1) is 33.2. The summed E-state index contributed by atoms with van der Waals surface area (Å²) in [6.07, 6.45) is 1.43. The molecule has 0 radical (unpaired) electrons. The molecule has 1 atom stereocenters. The monoisotopic (exact) mass is 688 g/mol. The third kappa shape index (κ3) is 5.71. The highest BCUT2D eigenvalue weighted by atomic mass is 32.2. The maximum atomic E-state index is 16.1. The molecule has 0 bridgehead atoms. The van der Waals surface area contributed by atoms with E-state index >= 15 is 4.39 Å². The van der Waals surface area contributed by atoms with Gasteiger partial charge >= 0.3 is 11.9 Å². The fraction of sp³-hybridized carbons (Fsp3) is 0.344. The summed E-state index contributed by atoms with van der Waals surface area (Å²) in [6, 6.07) is 2.80. The molecule has 0 unspecified atom stereocenters. The lowest BCUT2D eigenvalue weighted by Gasteiger charge is -2.40. The highest BCUT2D eigenvalue weighted by molar-refractivity contribution is 7.90. The van der Waals surface area contributed by atoms with Crippen LogP contribution in [0.4, 0.5) is 27.8 Å². The number of piperazine rings is 1. The van der Waals surface area contributed by atoms with Gasteiger partial charge in [0.2, 0.25) is 5.91 Å². The molecular weight excluding hydrogens is 659 g/mol. The van der Waals surface area contributed by atoms with Crippen molar-refractivity contribution < 1.29 is 35.2 Å². The Hall–Kier alpha value is -4.73. The molecule has 2 aliphatic rings. The zero-order chi connectivity index (χ0) is 34.7. The molecule has 10 nitrogen and oxygen atoms in total. The number of halogens is 5. The molecule has 0 spiro atoms. The third-order valence-electron chi connectivity index (χ3n) is 8.82. The predicted molar refractivity (Wildman–Crippen MR) is 167 cm³/mol. The number of amides is 1. The second-order valence-corrected chi connectivity index (χ2v) is 13.9. The SMILES string of the molecule is C=CC(=O)N1CCN(c2nc(=O)n(-c3c(C4CCC4)cncc3S(C)(=O)=O)c3nc(-c4cccc(F)c4C(F)(F)F)c(F)cc23)[C@@H](C)C1. The summed E-state index contributed by atoms with van der Waals surface area (Å²) in [7, 11) is -4.07. The maximum absolute atomic E-state index is 16.1.